The van der Waals surface area contributed by atoms with Gasteiger partial charge in [0, 0.05) is 17.3 Å². The van der Waals surface area contributed by atoms with E-state index in [-0.39, 0.29) is 5.92 Å². The molecule has 0 spiro atoms. The topological polar surface area (TPSA) is 43.1 Å². The second-order valence-corrected chi connectivity index (χ2v) is 4.45. The molecule has 0 aromatic heterocycles. The van der Waals surface area contributed by atoms with Gasteiger partial charge in [-0.25, -0.2) is 0 Å². The van der Waals surface area contributed by atoms with Gasteiger partial charge in [0.1, 0.15) is 6.79 Å². The maximum absolute atomic E-state index is 8.00. The van der Waals surface area contributed by atoms with E-state index in [0.29, 0.717) is 6.54 Å². The normalized spacial score (nSPS) is 17.2. The summed E-state index contributed by atoms with van der Waals surface area (Å²) in [6.45, 7) is 4.68. The zero-order valence-electron chi connectivity index (χ0n) is 10.4. The highest BCUT2D eigenvalue weighted by Gasteiger charge is 2.18. The molecule has 1 atom stereocenters. The van der Waals surface area contributed by atoms with Crippen LogP contribution in [-0.4, -0.2) is 11.7 Å². The highest BCUT2D eigenvalue weighted by molar-refractivity contribution is 7.80. The summed E-state index contributed by atoms with van der Waals surface area (Å²) in [6, 6.07) is 6.24. The molecule has 2 nitrogen and oxygen atoms in total. The van der Waals surface area contributed by atoms with Crippen molar-refractivity contribution in [3.8, 4) is 0 Å². The van der Waals surface area contributed by atoms with Gasteiger partial charge in [-0.15, -0.1) is 0 Å². The molecule has 0 saturated heterocycles. The van der Waals surface area contributed by atoms with Crippen molar-refractivity contribution in [3.63, 3.8) is 0 Å². The maximum Gasteiger partial charge on any atom is 0.106 e. The van der Waals surface area contributed by atoms with Gasteiger partial charge in [0.05, 0.1) is 0 Å². The summed E-state index contributed by atoms with van der Waals surface area (Å²) in [5.74, 6) is 0.208. The summed E-state index contributed by atoms with van der Waals surface area (Å²) in [7, 11) is 0. The highest BCUT2D eigenvalue weighted by Crippen LogP contribution is 2.28. The van der Waals surface area contributed by atoms with Crippen molar-refractivity contribution >= 4 is 23.9 Å². The zero-order chi connectivity index (χ0) is 13.5. The number of rotatable bonds is 2. The number of carbonyl (C=O) groups is 1. The van der Waals surface area contributed by atoms with Crippen LogP contribution in [0.25, 0.3) is 0 Å². The number of benzene rings is 1. The number of hydrogen-bond donors (Lipinski definition) is 1. The Bertz CT molecular complexity index is 491. The van der Waals surface area contributed by atoms with E-state index >= 15 is 0 Å². The number of thiocarbonyl (C=S) groups is 1. The van der Waals surface area contributed by atoms with Crippen molar-refractivity contribution in [1.29, 1.82) is 0 Å². The first-order chi connectivity index (χ1) is 8.74. The molecule has 18 heavy (non-hydrogen) atoms. The molecular formula is C15H17NOS. The third kappa shape index (κ3) is 3.00. The van der Waals surface area contributed by atoms with Gasteiger partial charge in [-0.05, 0) is 29.7 Å². The fraction of sp³-hybridized carbons (Fsp3) is 0.200. The quantitative estimate of drug-likeness (QED) is 0.831. The molecule has 1 aliphatic rings. The van der Waals surface area contributed by atoms with E-state index in [1.165, 1.54) is 16.7 Å². The number of nitrogens with two attached hydrogens (primary N) is 1. The van der Waals surface area contributed by atoms with Gasteiger partial charge < -0.3 is 10.5 Å². The largest absolute Gasteiger partial charge is 0.326 e. The number of allylic oxidation sites excluding steroid dienone is 4. The monoisotopic (exact) mass is 259 g/mol. The minimum atomic E-state index is 0.208. The number of aryl methyl sites for hydroxylation is 1. The predicted octanol–water partition coefficient (Wildman–Crippen LogP) is 2.85. The molecule has 0 fully saturated rings. The average molecular weight is 259 g/mol. The van der Waals surface area contributed by atoms with Crippen molar-refractivity contribution in [2.75, 3.05) is 0 Å². The van der Waals surface area contributed by atoms with Crippen molar-refractivity contribution in [3.05, 3.63) is 59.2 Å². The van der Waals surface area contributed by atoms with E-state index in [9.17, 15) is 0 Å². The predicted molar refractivity (Wildman–Crippen MR) is 79.8 cm³/mol. The SMILES string of the molecule is C=O.Cc1cccc(CN)c1C1C=CC=CC1=S. The van der Waals surface area contributed by atoms with Gasteiger partial charge in [0.2, 0.25) is 0 Å². The zero-order valence-corrected chi connectivity index (χ0v) is 11.2. The molecule has 0 radical (unpaired) electrons. The lowest BCUT2D eigenvalue weighted by Crippen LogP contribution is -2.13. The molecule has 0 amide bonds. The summed E-state index contributed by atoms with van der Waals surface area (Å²) >= 11 is 5.40. The first-order valence-electron chi connectivity index (χ1n) is 5.70. The molecule has 1 aliphatic carbocycles. The Balaban J connectivity index is 0.000000771. The molecule has 0 aliphatic heterocycles. The van der Waals surface area contributed by atoms with E-state index < -0.39 is 0 Å². The molecule has 1 aromatic carbocycles. The Kier molecular flexibility index (Phi) is 5.62. The Morgan fingerprint density at radius 3 is 2.67 bits per heavy atom. The molecule has 2 N–H and O–H groups in total. The van der Waals surface area contributed by atoms with Gasteiger partial charge in [-0.3, -0.25) is 0 Å². The van der Waals surface area contributed by atoms with E-state index in [1.54, 1.807) is 0 Å². The summed E-state index contributed by atoms with van der Waals surface area (Å²) in [4.78, 5) is 8.96. The standard InChI is InChI=1S/C14H15NS.CH2O/c1-10-5-4-6-11(9-15)14(10)12-7-2-3-8-13(12)16;1-2/h2-8,12H,9,15H2,1H3;1H2. The van der Waals surface area contributed by atoms with Crippen molar-refractivity contribution < 1.29 is 4.79 Å². The summed E-state index contributed by atoms with van der Waals surface area (Å²) in [6.07, 6.45) is 8.17. The molecule has 0 saturated carbocycles. The summed E-state index contributed by atoms with van der Waals surface area (Å²) < 4.78 is 0. The molecule has 1 unspecified atom stereocenters. The van der Waals surface area contributed by atoms with Crippen LogP contribution < -0.4 is 5.73 Å². The molecule has 0 heterocycles. The van der Waals surface area contributed by atoms with E-state index in [4.69, 9.17) is 22.7 Å². The van der Waals surface area contributed by atoms with Crippen LogP contribution in [0.5, 0.6) is 0 Å². The Morgan fingerprint density at radius 1 is 1.33 bits per heavy atom. The van der Waals surface area contributed by atoms with Crippen LogP contribution in [0.3, 0.4) is 0 Å². The first-order valence-corrected chi connectivity index (χ1v) is 6.11. The minimum Gasteiger partial charge on any atom is -0.326 e. The van der Waals surface area contributed by atoms with Gasteiger partial charge >= 0.3 is 0 Å². The second kappa shape index (κ2) is 6.99. The molecule has 2 rings (SSSR count). The molecule has 0 bridgehead atoms. The van der Waals surface area contributed by atoms with Crippen molar-refractivity contribution in [2.45, 2.75) is 19.4 Å². The lowest BCUT2D eigenvalue weighted by Gasteiger charge is -2.20. The Hall–Kier alpha value is -1.58. The highest BCUT2D eigenvalue weighted by atomic mass is 32.1. The lowest BCUT2D eigenvalue weighted by atomic mass is 9.86. The van der Waals surface area contributed by atoms with Crippen molar-refractivity contribution in [1.82, 2.24) is 0 Å². The maximum atomic E-state index is 8.00. The fourth-order valence-corrected chi connectivity index (χ4v) is 2.40. The third-order valence-electron chi connectivity index (χ3n) is 2.93. The summed E-state index contributed by atoms with van der Waals surface area (Å²) in [5, 5.41) is 0. The fourth-order valence-electron chi connectivity index (χ4n) is 2.13. The van der Waals surface area contributed by atoms with Gasteiger partial charge in [0.25, 0.3) is 0 Å². The number of carbonyl (C=O) groups excluding carboxylic acids is 1. The smallest absolute Gasteiger partial charge is 0.106 e. The van der Waals surface area contributed by atoms with Crippen LogP contribution in [-0.2, 0) is 11.3 Å². The van der Waals surface area contributed by atoms with Crippen molar-refractivity contribution in [2.24, 2.45) is 5.73 Å². The van der Waals surface area contributed by atoms with Crippen LogP contribution in [0.2, 0.25) is 0 Å². The minimum absolute atomic E-state index is 0.208. The van der Waals surface area contributed by atoms with E-state index in [2.05, 4.69) is 25.1 Å². The average Bonchev–Trinajstić information content (AvgIpc) is 2.42. The first kappa shape index (κ1) is 14.5. The van der Waals surface area contributed by atoms with Crippen LogP contribution in [0.4, 0.5) is 0 Å². The van der Waals surface area contributed by atoms with Crippen LogP contribution in [0.1, 0.15) is 22.6 Å². The lowest BCUT2D eigenvalue weighted by molar-refractivity contribution is -0.0979. The van der Waals surface area contributed by atoms with Gasteiger partial charge in [-0.1, -0.05) is 48.6 Å². The Morgan fingerprint density at radius 2 is 2.06 bits per heavy atom. The van der Waals surface area contributed by atoms with Gasteiger partial charge in [0.15, 0.2) is 0 Å². The second-order valence-electron chi connectivity index (χ2n) is 3.98. The molecular weight excluding hydrogens is 242 g/mol. The van der Waals surface area contributed by atoms with Crippen LogP contribution in [0.15, 0.2) is 42.5 Å². The Labute approximate surface area is 113 Å². The molecule has 1 aromatic rings. The van der Waals surface area contributed by atoms with E-state index in [1.807, 2.05) is 31.1 Å². The number of hydrogen-bond acceptors (Lipinski definition) is 3. The third-order valence-corrected chi connectivity index (χ3v) is 3.32. The van der Waals surface area contributed by atoms with Crippen LogP contribution >= 0.6 is 12.2 Å². The van der Waals surface area contributed by atoms with E-state index in [0.717, 1.165) is 4.86 Å². The van der Waals surface area contributed by atoms with Gasteiger partial charge in [-0.2, -0.15) is 0 Å². The van der Waals surface area contributed by atoms with Crippen LogP contribution in [0, 0.1) is 6.92 Å². The summed E-state index contributed by atoms with van der Waals surface area (Å²) in [5.41, 5.74) is 9.51. The molecule has 3 heteroatoms. The molecule has 94 valence electrons.